The van der Waals surface area contributed by atoms with Crippen molar-refractivity contribution in [1.29, 1.82) is 0 Å². The van der Waals surface area contributed by atoms with Gasteiger partial charge in [0, 0.05) is 25.2 Å². The third-order valence-corrected chi connectivity index (χ3v) is 2.70. The first kappa shape index (κ1) is 8.48. The van der Waals surface area contributed by atoms with Gasteiger partial charge in [-0.3, -0.25) is 0 Å². The van der Waals surface area contributed by atoms with Crippen molar-refractivity contribution in [2.75, 3.05) is 26.3 Å². The minimum atomic E-state index is 0.620. The van der Waals surface area contributed by atoms with Crippen molar-refractivity contribution in [3.63, 3.8) is 0 Å². The normalized spacial score (nSPS) is 37.0. The third kappa shape index (κ3) is 2.19. The second-order valence-electron chi connectivity index (χ2n) is 3.77. The van der Waals surface area contributed by atoms with Crippen molar-refractivity contribution < 1.29 is 4.74 Å². The van der Waals surface area contributed by atoms with Crippen LogP contribution < -0.4 is 10.6 Å². The van der Waals surface area contributed by atoms with Crippen molar-refractivity contribution in [1.82, 2.24) is 10.6 Å². The summed E-state index contributed by atoms with van der Waals surface area (Å²) in [6, 6.07) is 1.31. The Labute approximate surface area is 73.9 Å². The predicted octanol–water partition coefficient (Wildman–Crippen LogP) is 0.117. The highest BCUT2D eigenvalue weighted by Crippen LogP contribution is 2.08. The molecule has 0 saturated carbocycles. The smallest absolute Gasteiger partial charge is 0.0620 e. The topological polar surface area (TPSA) is 33.3 Å². The molecule has 2 atom stereocenters. The zero-order valence-electron chi connectivity index (χ0n) is 7.51. The first-order valence-electron chi connectivity index (χ1n) is 4.99. The molecular weight excluding hydrogens is 152 g/mol. The summed E-state index contributed by atoms with van der Waals surface area (Å²) in [5, 5.41) is 7.04. The van der Waals surface area contributed by atoms with Gasteiger partial charge in [-0.15, -0.1) is 0 Å². The van der Waals surface area contributed by atoms with E-state index in [0.717, 1.165) is 19.8 Å². The predicted molar refractivity (Wildman–Crippen MR) is 48.3 cm³/mol. The molecule has 70 valence electrons. The number of piperidine rings is 1. The number of ether oxygens (including phenoxy) is 1. The van der Waals surface area contributed by atoms with Crippen LogP contribution in [0, 0.1) is 0 Å². The lowest BCUT2D eigenvalue weighted by Crippen LogP contribution is -2.47. The van der Waals surface area contributed by atoms with Crippen LogP contribution in [0.25, 0.3) is 0 Å². The van der Waals surface area contributed by atoms with Crippen molar-refractivity contribution in [2.45, 2.75) is 31.3 Å². The summed E-state index contributed by atoms with van der Waals surface area (Å²) < 4.78 is 5.32. The van der Waals surface area contributed by atoms with Crippen LogP contribution in [0.3, 0.4) is 0 Å². The Morgan fingerprint density at radius 1 is 1.25 bits per heavy atom. The molecule has 0 amide bonds. The fourth-order valence-electron chi connectivity index (χ4n) is 1.99. The second kappa shape index (κ2) is 4.21. The van der Waals surface area contributed by atoms with E-state index < -0.39 is 0 Å². The Balaban J connectivity index is 1.69. The van der Waals surface area contributed by atoms with Gasteiger partial charge in [0.2, 0.25) is 0 Å². The zero-order valence-corrected chi connectivity index (χ0v) is 7.51. The Kier molecular flexibility index (Phi) is 2.98. The standard InChI is InChI=1S/C9H18N2O/c1-2-8(6-10-4-1)11-9-3-5-12-7-9/h8-11H,1-7H2. The van der Waals surface area contributed by atoms with Crippen LogP contribution in [-0.4, -0.2) is 38.4 Å². The van der Waals surface area contributed by atoms with Gasteiger partial charge in [0.25, 0.3) is 0 Å². The lowest BCUT2D eigenvalue weighted by molar-refractivity contribution is 0.186. The molecular formula is C9H18N2O. The molecule has 12 heavy (non-hydrogen) atoms. The van der Waals surface area contributed by atoms with E-state index in [-0.39, 0.29) is 0 Å². The summed E-state index contributed by atoms with van der Waals surface area (Å²) in [7, 11) is 0. The highest BCUT2D eigenvalue weighted by Gasteiger charge is 2.20. The Bertz CT molecular complexity index is 128. The molecule has 3 nitrogen and oxygen atoms in total. The van der Waals surface area contributed by atoms with Gasteiger partial charge in [0.1, 0.15) is 0 Å². The van der Waals surface area contributed by atoms with Crippen LogP contribution in [-0.2, 0) is 4.74 Å². The van der Waals surface area contributed by atoms with Crippen LogP contribution >= 0.6 is 0 Å². The van der Waals surface area contributed by atoms with Crippen LogP contribution in [0.15, 0.2) is 0 Å². The molecule has 2 aliphatic heterocycles. The molecule has 0 aromatic carbocycles. The first-order chi connectivity index (χ1) is 5.95. The van der Waals surface area contributed by atoms with E-state index in [1.54, 1.807) is 0 Å². The Morgan fingerprint density at radius 3 is 2.92 bits per heavy atom. The highest BCUT2D eigenvalue weighted by atomic mass is 16.5. The molecule has 2 fully saturated rings. The lowest BCUT2D eigenvalue weighted by Gasteiger charge is -2.26. The minimum Gasteiger partial charge on any atom is -0.380 e. The van der Waals surface area contributed by atoms with Crippen LogP contribution in [0.4, 0.5) is 0 Å². The van der Waals surface area contributed by atoms with Gasteiger partial charge in [-0.05, 0) is 25.8 Å². The average Bonchev–Trinajstić information content (AvgIpc) is 2.59. The van der Waals surface area contributed by atoms with Crippen molar-refractivity contribution in [2.24, 2.45) is 0 Å². The maximum atomic E-state index is 5.32. The molecule has 0 aliphatic carbocycles. The lowest BCUT2D eigenvalue weighted by atomic mass is 10.1. The molecule has 0 radical (unpaired) electrons. The van der Waals surface area contributed by atoms with Gasteiger partial charge in [0.15, 0.2) is 0 Å². The molecule has 0 bridgehead atoms. The number of nitrogens with one attached hydrogen (secondary N) is 2. The van der Waals surface area contributed by atoms with E-state index in [9.17, 15) is 0 Å². The maximum absolute atomic E-state index is 5.32. The molecule has 2 unspecified atom stereocenters. The van der Waals surface area contributed by atoms with Gasteiger partial charge >= 0.3 is 0 Å². The average molecular weight is 170 g/mol. The third-order valence-electron chi connectivity index (χ3n) is 2.70. The van der Waals surface area contributed by atoms with Gasteiger partial charge in [-0.2, -0.15) is 0 Å². The molecule has 2 saturated heterocycles. The summed E-state index contributed by atoms with van der Waals surface area (Å²) in [6.07, 6.45) is 3.82. The van der Waals surface area contributed by atoms with E-state index in [1.165, 1.54) is 25.8 Å². The van der Waals surface area contributed by atoms with E-state index in [0.29, 0.717) is 12.1 Å². The fourth-order valence-corrected chi connectivity index (χ4v) is 1.99. The summed E-state index contributed by atoms with van der Waals surface area (Å²) >= 11 is 0. The number of rotatable bonds is 2. The largest absolute Gasteiger partial charge is 0.380 e. The Hall–Kier alpha value is -0.120. The molecule has 2 N–H and O–H groups in total. The zero-order chi connectivity index (χ0) is 8.23. The molecule has 2 aliphatic rings. The quantitative estimate of drug-likeness (QED) is 0.617. The molecule has 0 aromatic heterocycles. The molecule has 3 heteroatoms. The molecule has 2 heterocycles. The molecule has 0 aromatic rings. The van der Waals surface area contributed by atoms with E-state index >= 15 is 0 Å². The maximum Gasteiger partial charge on any atom is 0.0620 e. The monoisotopic (exact) mass is 170 g/mol. The highest BCUT2D eigenvalue weighted by molar-refractivity contribution is 4.81. The number of hydrogen-bond donors (Lipinski definition) is 2. The van der Waals surface area contributed by atoms with Crippen molar-refractivity contribution >= 4 is 0 Å². The van der Waals surface area contributed by atoms with Crippen molar-refractivity contribution in [3.05, 3.63) is 0 Å². The van der Waals surface area contributed by atoms with Gasteiger partial charge in [0.05, 0.1) is 6.61 Å². The van der Waals surface area contributed by atoms with Crippen LogP contribution in [0.1, 0.15) is 19.3 Å². The van der Waals surface area contributed by atoms with E-state index in [2.05, 4.69) is 10.6 Å². The summed E-state index contributed by atoms with van der Waals surface area (Å²) in [6.45, 7) is 4.18. The van der Waals surface area contributed by atoms with E-state index in [4.69, 9.17) is 4.74 Å². The summed E-state index contributed by atoms with van der Waals surface area (Å²) in [5.41, 5.74) is 0. The number of hydrogen-bond acceptors (Lipinski definition) is 3. The van der Waals surface area contributed by atoms with Crippen LogP contribution in [0.5, 0.6) is 0 Å². The SMILES string of the molecule is C1CNCC(NC2CCOC2)C1. The first-order valence-corrected chi connectivity index (χ1v) is 4.99. The van der Waals surface area contributed by atoms with E-state index in [1.807, 2.05) is 0 Å². The molecule has 0 spiro atoms. The fraction of sp³-hybridized carbons (Fsp3) is 1.00. The van der Waals surface area contributed by atoms with Crippen LogP contribution in [0.2, 0.25) is 0 Å². The minimum absolute atomic E-state index is 0.620. The summed E-state index contributed by atoms with van der Waals surface area (Å²) in [4.78, 5) is 0. The van der Waals surface area contributed by atoms with Gasteiger partial charge < -0.3 is 15.4 Å². The van der Waals surface area contributed by atoms with Crippen molar-refractivity contribution in [3.8, 4) is 0 Å². The second-order valence-corrected chi connectivity index (χ2v) is 3.77. The summed E-state index contributed by atoms with van der Waals surface area (Å²) in [5.74, 6) is 0. The molecule has 2 rings (SSSR count). The van der Waals surface area contributed by atoms with Gasteiger partial charge in [-0.25, -0.2) is 0 Å². The Morgan fingerprint density at radius 2 is 2.25 bits per heavy atom. The van der Waals surface area contributed by atoms with Gasteiger partial charge in [-0.1, -0.05) is 0 Å².